The van der Waals surface area contributed by atoms with E-state index in [0.717, 1.165) is 40.5 Å². The maximum absolute atomic E-state index is 6.18. The van der Waals surface area contributed by atoms with Crippen molar-refractivity contribution in [2.24, 2.45) is 5.73 Å². The van der Waals surface area contributed by atoms with E-state index in [-0.39, 0.29) is 6.79 Å². The second-order valence-corrected chi connectivity index (χ2v) is 3.85. The van der Waals surface area contributed by atoms with Crippen LogP contribution < -0.4 is 15.2 Å². The second kappa shape index (κ2) is 4.29. The number of hydrogen-bond acceptors (Lipinski definition) is 3. The van der Waals surface area contributed by atoms with Crippen molar-refractivity contribution in [1.82, 2.24) is 0 Å². The molecule has 0 amide bonds. The molecule has 0 unspecified atom stereocenters. The Hall–Kier alpha value is -0.930. The Morgan fingerprint density at radius 2 is 2.20 bits per heavy atom. The van der Waals surface area contributed by atoms with Crippen LogP contribution in [0.1, 0.15) is 18.1 Å². The van der Waals surface area contributed by atoms with Crippen LogP contribution in [0.3, 0.4) is 0 Å². The predicted octanol–water partition coefficient (Wildman–Crippen LogP) is 2.13. The van der Waals surface area contributed by atoms with Crippen molar-refractivity contribution in [1.29, 1.82) is 0 Å². The van der Waals surface area contributed by atoms with E-state index in [4.69, 9.17) is 26.8 Å². The molecule has 1 aliphatic heterocycles. The van der Waals surface area contributed by atoms with Crippen LogP contribution in [0.4, 0.5) is 0 Å². The second-order valence-electron chi connectivity index (χ2n) is 3.44. The van der Waals surface area contributed by atoms with E-state index in [9.17, 15) is 0 Å². The van der Waals surface area contributed by atoms with E-state index in [1.165, 1.54) is 0 Å². The molecule has 15 heavy (non-hydrogen) atoms. The molecule has 0 radical (unpaired) electrons. The van der Waals surface area contributed by atoms with Crippen LogP contribution in [0.25, 0.3) is 0 Å². The zero-order chi connectivity index (χ0) is 10.8. The number of benzene rings is 1. The molecule has 0 aromatic heterocycles. The van der Waals surface area contributed by atoms with Crippen LogP contribution in [0.2, 0.25) is 5.02 Å². The molecule has 1 aliphatic rings. The Labute approximate surface area is 94.1 Å². The van der Waals surface area contributed by atoms with Gasteiger partial charge < -0.3 is 15.2 Å². The maximum Gasteiger partial charge on any atom is 0.231 e. The third-order valence-corrected chi connectivity index (χ3v) is 2.91. The lowest BCUT2D eigenvalue weighted by molar-refractivity contribution is 0.173. The number of hydrogen-bond donors (Lipinski definition) is 1. The van der Waals surface area contributed by atoms with E-state index < -0.39 is 0 Å². The molecule has 0 bridgehead atoms. The molecule has 0 aliphatic carbocycles. The third-order valence-electron chi connectivity index (χ3n) is 2.57. The number of rotatable bonds is 3. The molecule has 4 heteroatoms. The van der Waals surface area contributed by atoms with Gasteiger partial charge in [0.1, 0.15) is 0 Å². The van der Waals surface area contributed by atoms with E-state index in [1.807, 2.05) is 6.07 Å². The van der Waals surface area contributed by atoms with Gasteiger partial charge in [0, 0.05) is 16.7 Å². The summed E-state index contributed by atoms with van der Waals surface area (Å²) in [6, 6.07) is 1.81. The van der Waals surface area contributed by atoms with E-state index in [1.54, 1.807) is 0 Å². The Morgan fingerprint density at radius 3 is 2.87 bits per heavy atom. The Balaban J connectivity index is 2.53. The van der Waals surface area contributed by atoms with Gasteiger partial charge in [0.05, 0.1) is 0 Å². The Kier molecular flexibility index (Phi) is 3.03. The van der Waals surface area contributed by atoms with Gasteiger partial charge >= 0.3 is 0 Å². The summed E-state index contributed by atoms with van der Waals surface area (Å²) in [7, 11) is 0. The summed E-state index contributed by atoms with van der Waals surface area (Å²) < 4.78 is 10.8. The van der Waals surface area contributed by atoms with Gasteiger partial charge in [-0.15, -0.1) is 0 Å². The number of halogens is 1. The van der Waals surface area contributed by atoms with Gasteiger partial charge in [0.15, 0.2) is 11.5 Å². The van der Waals surface area contributed by atoms with E-state index >= 15 is 0 Å². The normalized spacial score (nSPS) is 13.3. The minimum atomic E-state index is 0.282. The lowest BCUT2D eigenvalue weighted by atomic mass is 10.0. The molecule has 0 saturated heterocycles. The van der Waals surface area contributed by atoms with Crippen molar-refractivity contribution >= 4 is 11.6 Å². The maximum atomic E-state index is 6.18. The molecule has 0 spiro atoms. The number of fused-ring (bicyclic) bond motifs is 1. The van der Waals surface area contributed by atoms with Crippen molar-refractivity contribution in [2.75, 3.05) is 13.3 Å². The fourth-order valence-corrected chi connectivity index (χ4v) is 2.21. The molecule has 3 nitrogen and oxygen atoms in total. The van der Waals surface area contributed by atoms with Crippen molar-refractivity contribution < 1.29 is 9.47 Å². The monoisotopic (exact) mass is 227 g/mol. The summed E-state index contributed by atoms with van der Waals surface area (Å²) in [6.45, 7) is 2.95. The number of ether oxygens (including phenoxy) is 2. The zero-order valence-corrected chi connectivity index (χ0v) is 9.43. The summed E-state index contributed by atoms with van der Waals surface area (Å²) in [4.78, 5) is 0. The number of nitrogens with two attached hydrogens (primary N) is 1. The molecule has 0 saturated carbocycles. The first kappa shape index (κ1) is 10.6. The van der Waals surface area contributed by atoms with Crippen LogP contribution >= 0.6 is 11.6 Å². The largest absolute Gasteiger partial charge is 0.454 e. The van der Waals surface area contributed by atoms with Crippen LogP contribution in [-0.2, 0) is 12.8 Å². The zero-order valence-electron chi connectivity index (χ0n) is 8.68. The Morgan fingerprint density at radius 1 is 1.40 bits per heavy atom. The van der Waals surface area contributed by atoms with Crippen LogP contribution in [0.5, 0.6) is 11.5 Å². The van der Waals surface area contributed by atoms with Gasteiger partial charge in [-0.25, -0.2) is 0 Å². The average Bonchev–Trinajstić information content (AvgIpc) is 2.66. The average molecular weight is 228 g/mol. The Bertz CT molecular complexity index is 379. The lowest BCUT2D eigenvalue weighted by Crippen LogP contribution is -2.06. The van der Waals surface area contributed by atoms with Crippen molar-refractivity contribution in [3.63, 3.8) is 0 Å². The van der Waals surface area contributed by atoms with Crippen molar-refractivity contribution in [3.8, 4) is 11.5 Å². The molecule has 0 fully saturated rings. The van der Waals surface area contributed by atoms with Gasteiger partial charge in [0.25, 0.3) is 0 Å². The summed E-state index contributed by atoms with van der Waals surface area (Å²) in [5.41, 5.74) is 7.78. The molecule has 1 heterocycles. The smallest absolute Gasteiger partial charge is 0.231 e. The summed E-state index contributed by atoms with van der Waals surface area (Å²) in [6.07, 6.45) is 1.65. The first-order valence-electron chi connectivity index (χ1n) is 5.07. The highest BCUT2D eigenvalue weighted by molar-refractivity contribution is 6.31. The summed E-state index contributed by atoms with van der Waals surface area (Å²) in [5.74, 6) is 1.59. The van der Waals surface area contributed by atoms with Crippen molar-refractivity contribution in [2.45, 2.75) is 19.8 Å². The highest BCUT2D eigenvalue weighted by Gasteiger charge is 2.22. The minimum absolute atomic E-state index is 0.282. The first-order valence-corrected chi connectivity index (χ1v) is 5.45. The third kappa shape index (κ3) is 1.77. The molecule has 2 rings (SSSR count). The summed E-state index contributed by atoms with van der Waals surface area (Å²) in [5, 5.41) is 0.724. The molecular weight excluding hydrogens is 214 g/mol. The highest BCUT2D eigenvalue weighted by atomic mass is 35.5. The van der Waals surface area contributed by atoms with Gasteiger partial charge in [-0.3, -0.25) is 0 Å². The molecular formula is C11H14ClNO2. The highest BCUT2D eigenvalue weighted by Crippen LogP contribution is 2.41. The molecule has 1 aromatic rings. The molecule has 1 aromatic carbocycles. The van der Waals surface area contributed by atoms with E-state index in [0.29, 0.717) is 6.54 Å². The molecule has 2 N–H and O–H groups in total. The van der Waals surface area contributed by atoms with Gasteiger partial charge in [-0.2, -0.15) is 0 Å². The predicted molar refractivity (Wildman–Crippen MR) is 59.7 cm³/mol. The van der Waals surface area contributed by atoms with Crippen molar-refractivity contribution in [3.05, 3.63) is 22.2 Å². The lowest BCUT2D eigenvalue weighted by Gasteiger charge is -2.12. The molecule has 82 valence electrons. The van der Waals surface area contributed by atoms with Gasteiger partial charge in [-0.1, -0.05) is 18.5 Å². The van der Waals surface area contributed by atoms with Crippen LogP contribution in [0, 0.1) is 0 Å². The first-order chi connectivity index (χ1) is 7.27. The van der Waals surface area contributed by atoms with E-state index in [2.05, 4.69) is 6.92 Å². The topological polar surface area (TPSA) is 44.5 Å². The minimum Gasteiger partial charge on any atom is -0.454 e. The quantitative estimate of drug-likeness (QED) is 0.861. The fraction of sp³-hybridized carbons (Fsp3) is 0.455. The SMILES string of the molecule is CCc1c(CCN)c(Cl)cc2c1OCO2. The van der Waals surface area contributed by atoms with Crippen LogP contribution in [-0.4, -0.2) is 13.3 Å². The van der Waals surface area contributed by atoms with Gasteiger partial charge in [0.2, 0.25) is 6.79 Å². The van der Waals surface area contributed by atoms with Crippen LogP contribution in [0.15, 0.2) is 6.07 Å². The van der Waals surface area contributed by atoms with Gasteiger partial charge in [-0.05, 0) is 24.9 Å². The molecule has 0 atom stereocenters. The fourth-order valence-electron chi connectivity index (χ4n) is 1.90. The summed E-state index contributed by atoms with van der Waals surface area (Å²) >= 11 is 6.18. The standard InChI is InChI=1S/C11H14ClNO2/c1-2-7-8(3-4-13)9(12)5-10-11(7)15-6-14-10/h5H,2-4,6,13H2,1H3.